The van der Waals surface area contributed by atoms with Gasteiger partial charge < -0.3 is 5.73 Å². The topological polar surface area (TPSA) is 26.0 Å². The van der Waals surface area contributed by atoms with Gasteiger partial charge in [0.1, 0.15) is 0 Å². The zero-order chi connectivity index (χ0) is 7.99. The second-order valence-electron chi connectivity index (χ2n) is 4.41. The fraction of sp³-hybridized carbons (Fsp3) is 1.00. The van der Waals surface area contributed by atoms with Crippen LogP contribution in [0.1, 0.15) is 40.5 Å². The lowest BCUT2D eigenvalue weighted by molar-refractivity contribution is 0.352. The molecule has 2 N–H and O–H groups in total. The van der Waals surface area contributed by atoms with Gasteiger partial charge in [-0.1, -0.05) is 34.1 Å². The van der Waals surface area contributed by atoms with Gasteiger partial charge in [0.2, 0.25) is 0 Å². The molecule has 0 amide bonds. The van der Waals surface area contributed by atoms with E-state index in [9.17, 15) is 0 Å². The van der Waals surface area contributed by atoms with E-state index in [2.05, 4.69) is 27.7 Å². The average molecular weight is 141 g/mol. The van der Waals surface area contributed by atoms with Gasteiger partial charge in [-0.3, -0.25) is 0 Å². The van der Waals surface area contributed by atoms with Gasteiger partial charge in [-0.15, -0.1) is 0 Å². The zero-order valence-electron chi connectivity index (χ0n) is 7.57. The second kappa shape index (κ2) is 1.97. The van der Waals surface area contributed by atoms with Gasteiger partial charge in [-0.2, -0.15) is 0 Å². The molecular formula is C9H19N. The molecule has 1 rings (SSSR count). The molecule has 0 aromatic rings. The summed E-state index contributed by atoms with van der Waals surface area (Å²) < 4.78 is 0. The van der Waals surface area contributed by atoms with Crippen LogP contribution in [-0.4, -0.2) is 5.54 Å². The Morgan fingerprint density at radius 2 is 1.90 bits per heavy atom. The average Bonchev–Trinajstić information content (AvgIpc) is 2.32. The van der Waals surface area contributed by atoms with Crippen molar-refractivity contribution < 1.29 is 0 Å². The molecule has 2 atom stereocenters. The van der Waals surface area contributed by atoms with Crippen molar-refractivity contribution in [2.75, 3.05) is 0 Å². The molecule has 0 aromatic heterocycles. The molecule has 0 saturated heterocycles. The van der Waals surface area contributed by atoms with Crippen LogP contribution in [-0.2, 0) is 0 Å². The van der Waals surface area contributed by atoms with Crippen molar-refractivity contribution in [3.8, 4) is 0 Å². The van der Waals surface area contributed by atoms with Crippen molar-refractivity contribution in [1.29, 1.82) is 0 Å². The number of hydrogen-bond donors (Lipinski definition) is 1. The van der Waals surface area contributed by atoms with E-state index in [1.54, 1.807) is 0 Å². The molecule has 10 heavy (non-hydrogen) atoms. The van der Waals surface area contributed by atoms with Crippen LogP contribution in [0.25, 0.3) is 0 Å². The van der Waals surface area contributed by atoms with Crippen LogP contribution in [0.5, 0.6) is 0 Å². The Bertz CT molecular complexity index is 140. The molecule has 60 valence electrons. The van der Waals surface area contributed by atoms with Crippen molar-refractivity contribution >= 4 is 0 Å². The summed E-state index contributed by atoms with van der Waals surface area (Å²) in [7, 11) is 0. The summed E-state index contributed by atoms with van der Waals surface area (Å²) in [5.74, 6) is 0.683. The van der Waals surface area contributed by atoms with Crippen LogP contribution in [0.4, 0.5) is 0 Å². The first-order valence-corrected chi connectivity index (χ1v) is 4.23. The van der Waals surface area contributed by atoms with Crippen LogP contribution in [0.15, 0.2) is 0 Å². The van der Waals surface area contributed by atoms with E-state index >= 15 is 0 Å². The summed E-state index contributed by atoms with van der Waals surface area (Å²) in [6.07, 6.45) is 2.41. The van der Waals surface area contributed by atoms with E-state index in [4.69, 9.17) is 5.73 Å². The Hall–Kier alpha value is -0.0400. The molecule has 1 nitrogen and oxygen atoms in total. The van der Waals surface area contributed by atoms with Gasteiger partial charge in [0, 0.05) is 5.54 Å². The predicted molar refractivity (Wildman–Crippen MR) is 44.8 cm³/mol. The van der Waals surface area contributed by atoms with Crippen molar-refractivity contribution in [1.82, 2.24) is 0 Å². The van der Waals surface area contributed by atoms with Gasteiger partial charge in [-0.05, 0) is 17.8 Å². The SMILES string of the molecule is CCC(C)C1(N)CC1(C)C. The summed E-state index contributed by atoms with van der Waals surface area (Å²) in [5, 5.41) is 0. The maximum absolute atomic E-state index is 6.18. The third-order valence-corrected chi connectivity index (χ3v) is 3.36. The molecule has 0 heterocycles. The Morgan fingerprint density at radius 3 is 2.00 bits per heavy atom. The third kappa shape index (κ3) is 0.878. The number of nitrogens with two attached hydrogens (primary N) is 1. The van der Waals surface area contributed by atoms with Gasteiger partial charge in [0.25, 0.3) is 0 Å². The third-order valence-electron chi connectivity index (χ3n) is 3.36. The summed E-state index contributed by atoms with van der Waals surface area (Å²) in [5.41, 5.74) is 6.74. The highest BCUT2D eigenvalue weighted by atomic mass is 14.9. The maximum Gasteiger partial charge on any atom is 0.0238 e. The first-order chi connectivity index (χ1) is 4.44. The lowest BCUT2D eigenvalue weighted by Crippen LogP contribution is -2.35. The molecule has 1 aliphatic carbocycles. The smallest absolute Gasteiger partial charge is 0.0238 e. The fourth-order valence-corrected chi connectivity index (χ4v) is 1.89. The summed E-state index contributed by atoms with van der Waals surface area (Å²) in [6.45, 7) is 9.00. The van der Waals surface area contributed by atoms with Crippen molar-refractivity contribution in [2.45, 2.75) is 46.1 Å². The van der Waals surface area contributed by atoms with Crippen molar-refractivity contribution in [3.63, 3.8) is 0 Å². The highest BCUT2D eigenvalue weighted by Crippen LogP contribution is 2.58. The first-order valence-electron chi connectivity index (χ1n) is 4.23. The molecule has 0 spiro atoms. The van der Waals surface area contributed by atoms with E-state index < -0.39 is 0 Å². The number of rotatable bonds is 2. The Kier molecular flexibility index (Phi) is 1.59. The Morgan fingerprint density at radius 1 is 1.50 bits per heavy atom. The van der Waals surface area contributed by atoms with Crippen LogP contribution in [0.3, 0.4) is 0 Å². The highest BCUT2D eigenvalue weighted by Gasteiger charge is 2.60. The highest BCUT2D eigenvalue weighted by molar-refractivity contribution is 5.16. The van der Waals surface area contributed by atoms with Crippen LogP contribution < -0.4 is 5.73 Å². The van der Waals surface area contributed by atoms with E-state index in [0.29, 0.717) is 11.3 Å². The molecule has 0 bridgehead atoms. The molecule has 2 unspecified atom stereocenters. The van der Waals surface area contributed by atoms with Gasteiger partial charge in [0.15, 0.2) is 0 Å². The van der Waals surface area contributed by atoms with Gasteiger partial charge >= 0.3 is 0 Å². The number of hydrogen-bond acceptors (Lipinski definition) is 1. The van der Waals surface area contributed by atoms with Crippen molar-refractivity contribution in [2.24, 2.45) is 17.1 Å². The second-order valence-corrected chi connectivity index (χ2v) is 4.41. The molecule has 0 aromatic carbocycles. The molecule has 0 radical (unpaired) electrons. The summed E-state index contributed by atoms with van der Waals surface area (Å²) >= 11 is 0. The molecule has 1 heteroatoms. The van der Waals surface area contributed by atoms with Crippen molar-refractivity contribution in [3.05, 3.63) is 0 Å². The molecule has 1 fully saturated rings. The minimum atomic E-state index is 0.155. The van der Waals surface area contributed by atoms with E-state index in [1.807, 2.05) is 0 Å². The summed E-state index contributed by atoms with van der Waals surface area (Å²) in [4.78, 5) is 0. The largest absolute Gasteiger partial charge is 0.324 e. The normalized spacial score (nSPS) is 39.3. The lowest BCUT2D eigenvalue weighted by Gasteiger charge is -2.21. The van der Waals surface area contributed by atoms with Crippen LogP contribution >= 0.6 is 0 Å². The maximum atomic E-state index is 6.18. The van der Waals surface area contributed by atoms with Gasteiger partial charge in [0.05, 0.1) is 0 Å². The lowest BCUT2D eigenvalue weighted by atomic mass is 9.91. The molecule has 1 saturated carbocycles. The molecule has 0 aliphatic heterocycles. The van der Waals surface area contributed by atoms with Gasteiger partial charge in [-0.25, -0.2) is 0 Å². The van der Waals surface area contributed by atoms with E-state index in [1.165, 1.54) is 12.8 Å². The Balaban J connectivity index is 2.58. The fourth-order valence-electron chi connectivity index (χ4n) is 1.89. The summed E-state index contributed by atoms with van der Waals surface area (Å²) in [6, 6.07) is 0. The molecular weight excluding hydrogens is 122 g/mol. The first kappa shape index (κ1) is 8.06. The van der Waals surface area contributed by atoms with E-state index in [0.717, 1.165) is 0 Å². The quantitative estimate of drug-likeness (QED) is 0.626. The van der Waals surface area contributed by atoms with Crippen LogP contribution in [0, 0.1) is 11.3 Å². The Labute approximate surface area is 64.0 Å². The minimum absolute atomic E-state index is 0.155. The zero-order valence-corrected chi connectivity index (χ0v) is 7.57. The monoisotopic (exact) mass is 141 g/mol. The van der Waals surface area contributed by atoms with E-state index in [-0.39, 0.29) is 5.54 Å². The van der Waals surface area contributed by atoms with Crippen LogP contribution in [0.2, 0.25) is 0 Å². The standard InChI is InChI=1S/C9H19N/c1-5-7(2)9(10)6-8(9,3)4/h7H,5-6,10H2,1-4H3. The minimum Gasteiger partial charge on any atom is -0.324 e. The molecule has 1 aliphatic rings. The predicted octanol–water partition coefficient (Wildman–Crippen LogP) is 2.16.